The van der Waals surface area contributed by atoms with Crippen LogP contribution in [0.25, 0.3) is 0 Å². The molecule has 0 unspecified atom stereocenters. The van der Waals surface area contributed by atoms with Crippen LogP contribution in [-0.2, 0) is 0 Å². The molecule has 1 aromatic heterocycles. The summed E-state index contributed by atoms with van der Waals surface area (Å²) >= 11 is 7.37. The summed E-state index contributed by atoms with van der Waals surface area (Å²) in [5, 5.41) is 13.2. The quantitative estimate of drug-likeness (QED) is 0.394. The molecule has 1 heterocycles. The van der Waals surface area contributed by atoms with E-state index < -0.39 is 0 Å². The van der Waals surface area contributed by atoms with Crippen LogP contribution in [0.4, 0.5) is 0 Å². The van der Waals surface area contributed by atoms with E-state index in [9.17, 15) is 0 Å². The summed E-state index contributed by atoms with van der Waals surface area (Å²) in [6.45, 7) is 1.89. The maximum absolute atomic E-state index is 8.85. The fourth-order valence-electron chi connectivity index (χ4n) is 1.61. The molecule has 2 aromatic rings. The normalized spacial score (nSPS) is 11.6. The van der Waals surface area contributed by atoms with Crippen molar-refractivity contribution in [3.63, 3.8) is 0 Å². The maximum Gasteiger partial charge on any atom is 0.173 e. The van der Waals surface area contributed by atoms with E-state index in [1.165, 1.54) is 11.8 Å². The zero-order valence-electron chi connectivity index (χ0n) is 10.2. The average molecular weight is 294 g/mol. The number of aromatic nitrogens is 1. The molecule has 1 aromatic carbocycles. The summed E-state index contributed by atoms with van der Waals surface area (Å²) in [6, 6.07) is 9.25. The molecule has 0 radical (unpaired) electrons. The van der Waals surface area contributed by atoms with Crippen molar-refractivity contribution < 1.29 is 5.21 Å². The Morgan fingerprint density at radius 2 is 2.21 bits per heavy atom. The van der Waals surface area contributed by atoms with Crippen LogP contribution in [0.1, 0.15) is 11.1 Å². The molecule has 19 heavy (non-hydrogen) atoms. The molecule has 4 nitrogen and oxygen atoms in total. The lowest BCUT2D eigenvalue weighted by Gasteiger charge is -2.09. The number of oxime groups is 1. The van der Waals surface area contributed by atoms with Gasteiger partial charge in [0, 0.05) is 16.1 Å². The van der Waals surface area contributed by atoms with Gasteiger partial charge in [-0.2, -0.15) is 0 Å². The van der Waals surface area contributed by atoms with Gasteiger partial charge in [-0.1, -0.05) is 34.6 Å². The Morgan fingerprint density at radius 3 is 2.89 bits per heavy atom. The van der Waals surface area contributed by atoms with Crippen LogP contribution in [0.15, 0.2) is 51.6 Å². The van der Waals surface area contributed by atoms with Gasteiger partial charge in [0.2, 0.25) is 0 Å². The lowest BCUT2D eigenvalue weighted by Crippen LogP contribution is -2.16. The third-order valence-electron chi connectivity index (χ3n) is 2.50. The van der Waals surface area contributed by atoms with Crippen LogP contribution in [-0.4, -0.2) is 16.0 Å². The van der Waals surface area contributed by atoms with E-state index in [-0.39, 0.29) is 5.84 Å². The van der Waals surface area contributed by atoms with E-state index in [2.05, 4.69) is 10.1 Å². The largest absolute Gasteiger partial charge is 0.409 e. The van der Waals surface area contributed by atoms with Crippen molar-refractivity contribution in [3.05, 3.63) is 52.7 Å². The molecule has 0 aliphatic carbocycles. The Bertz CT molecular complexity index is 631. The lowest BCUT2D eigenvalue weighted by molar-refractivity contribution is 0.318. The Morgan fingerprint density at radius 1 is 1.42 bits per heavy atom. The van der Waals surface area contributed by atoms with Gasteiger partial charge in [-0.05, 0) is 36.8 Å². The van der Waals surface area contributed by atoms with E-state index in [1.54, 1.807) is 12.3 Å². The van der Waals surface area contributed by atoms with Gasteiger partial charge in [0.05, 0.1) is 5.56 Å². The molecule has 3 N–H and O–H groups in total. The third kappa shape index (κ3) is 3.19. The number of pyridine rings is 1. The summed E-state index contributed by atoms with van der Waals surface area (Å²) in [7, 11) is 0. The van der Waals surface area contributed by atoms with Crippen LogP contribution in [0, 0.1) is 6.92 Å². The highest BCUT2D eigenvalue weighted by molar-refractivity contribution is 7.99. The second-order valence-electron chi connectivity index (χ2n) is 3.85. The zero-order chi connectivity index (χ0) is 13.8. The number of rotatable bonds is 3. The monoisotopic (exact) mass is 293 g/mol. The number of benzene rings is 1. The molecule has 0 atom stereocenters. The van der Waals surface area contributed by atoms with Crippen molar-refractivity contribution in [1.29, 1.82) is 0 Å². The fraction of sp³-hybridized carbons (Fsp3) is 0.0769. The van der Waals surface area contributed by atoms with Crippen molar-refractivity contribution >= 4 is 29.2 Å². The molecule has 0 amide bonds. The average Bonchev–Trinajstić information content (AvgIpc) is 2.38. The first-order chi connectivity index (χ1) is 9.11. The van der Waals surface area contributed by atoms with Gasteiger partial charge in [0.15, 0.2) is 5.84 Å². The molecule has 0 aliphatic heterocycles. The summed E-state index contributed by atoms with van der Waals surface area (Å²) in [5.41, 5.74) is 7.23. The molecule has 2 rings (SSSR count). The standard InChI is InChI=1S/C13H12ClN3OS/c1-8-5-6-16-13(11(8)12(15)17-18)19-10-4-2-3-9(14)7-10/h2-7,18H,1H3,(H2,15,17). The Labute approximate surface area is 120 Å². The summed E-state index contributed by atoms with van der Waals surface area (Å²) < 4.78 is 0. The molecule has 0 bridgehead atoms. The van der Waals surface area contributed by atoms with Gasteiger partial charge in [-0.15, -0.1) is 0 Å². The van der Waals surface area contributed by atoms with E-state index in [0.717, 1.165) is 10.5 Å². The van der Waals surface area contributed by atoms with Gasteiger partial charge in [-0.25, -0.2) is 4.98 Å². The van der Waals surface area contributed by atoms with Gasteiger partial charge < -0.3 is 10.9 Å². The van der Waals surface area contributed by atoms with Gasteiger partial charge in [-0.3, -0.25) is 0 Å². The van der Waals surface area contributed by atoms with Crippen molar-refractivity contribution in [2.45, 2.75) is 16.8 Å². The molecule has 0 saturated carbocycles. The second-order valence-corrected chi connectivity index (χ2v) is 5.35. The van der Waals surface area contributed by atoms with Crippen molar-refractivity contribution in [2.24, 2.45) is 10.9 Å². The van der Waals surface area contributed by atoms with E-state index in [1.807, 2.05) is 31.2 Å². The molecule has 0 aliphatic rings. The number of hydrogen-bond donors (Lipinski definition) is 2. The summed E-state index contributed by atoms with van der Waals surface area (Å²) in [5.74, 6) is 0.0510. The predicted octanol–water partition coefficient (Wildman–Crippen LogP) is 3.29. The van der Waals surface area contributed by atoms with E-state index in [0.29, 0.717) is 15.6 Å². The SMILES string of the molecule is Cc1ccnc(Sc2cccc(Cl)c2)c1/C(N)=N/O. The molecular formula is C13H12ClN3OS. The van der Waals surface area contributed by atoms with Gasteiger partial charge in [0.25, 0.3) is 0 Å². The fourth-order valence-corrected chi connectivity index (χ4v) is 2.91. The molecule has 6 heteroatoms. The van der Waals surface area contributed by atoms with E-state index in [4.69, 9.17) is 22.5 Å². The predicted molar refractivity (Wildman–Crippen MR) is 77.1 cm³/mol. The zero-order valence-corrected chi connectivity index (χ0v) is 11.7. The first-order valence-corrected chi connectivity index (χ1v) is 6.68. The number of nitrogens with zero attached hydrogens (tertiary/aromatic N) is 2. The number of aryl methyl sites for hydroxylation is 1. The molecule has 0 saturated heterocycles. The molecular weight excluding hydrogens is 282 g/mol. The number of hydrogen-bond acceptors (Lipinski definition) is 4. The smallest absolute Gasteiger partial charge is 0.173 e. The van der Waals surface area contributed by atoms with Crippen LogP contribution < -0.4 is 5.73 Å². The highest BCUT2D eigenvalue weighted by atomic mass is 35.5. The van der Waals surface area contributed by atoms with Crippen molar-refractivity contribution in [2.75, 3.05) is 0 Å². The Kier molecular flexibility index (Phi) is 4.29. The minimum absolute atomic E-state index is 0.0510. The van der Waals surface area contributed by atoms with Crippen molar-refractivity contribution in [1.82, 2.24) is 4.98 Å². The van der Waals surface area contributed by atoms with E-state index >= 15 is 0 Å². The molecule has 0 spiro atoms. The van der Waals surface area contributed by atoms with Crippen LogP contribution in [0.2, 0.25) is 5.02 Å². The Balaban J connectivity index is 2.43. The summed E-state index contributed by atoms with van der Waals surface area (Å²) in [4.78, 5) is 5.22. The highest BCUT2D eigenvalue weighted by Crippen LogP contribution is 2.31. The topological polar surface area (TPSA) is 71.5 Å². The highest BCUT2D eigenvalue weighted by Gasteiger charge is 2.13. The number of amidine groups is 1. The van der Waals surface area contributed by atoms with Gasteiger partial charge in [0.1, 0.15) is 5.03 Å². The number of nitrogens with two attached hydrogens (primary N) is 1. The van der Waals surface area contributed by atoms with Crippen LogP contribution in [0.5, 0.6) is 0 Å². The minimum Gasteiger partial charge on any atom is -0.409 e. The van der Waals surface area contributed by atoms with Crippen molar-refractivity contribution in [3.8, 4) is 0 Å². The van der Waals surface area contributed by atoms with Crippen LogP contribution >= 0.6 is 23.4 Å². The maximum atomic E-state index is 8.85. The Hall–Kier alpha value is -1.72. The number of halogens is 1. The second kappa shape index (κ2) is 5.95. The first-order valence-electron chi connectivity index (χ1n) is 5.48. The molecule has 98 valence electrons. The summed E-state index contributed by atoms with van der Waals surface area (Å²) in [6.07, 6.45) is 1.69. The minimum atomic E-state index is 0.0510. The molecule has 0 fully saturated rings. The lowest BCUT2D eigenvalue weighted by atomic mass is 10.1. The van der Waals surface area contributed by atoms with Gasteiger partial charge >= 0.3 is 0 Å². The third-order valence-corrected chi connectivity index (χ3v) is 3.73. The van der Waals surface area contributed by atoms with Crippen LogP contribution in [0.3, 0.4) is 0 Å². The first kappa shape index (κ1) is 13.7.